The first-order chi connectivity index (χ1) is 27.2. The van der Waals surface area contributed by atoms with Crippen LogP contribution in [0, 0.1) is 0 Å². The second kappa shape index (κ2) is 14.0. The molecule has 0 radical (unpaired) electrons. The summed E-state index contributed by atoms with van der Waals surface area (Å²) in [6.07, 6.45) is 0. The molecule has 1 heterocycles. The van der Waals surface area contributed by atoms with Gasteiger partial charge in [-0.05, 0) is 81.4 Å². The highest BCUT2D eigenvalue weighted by atomic mass is 32.2. The first-order valence-corrected chi connectivity index (χ1v) is 20.0. The van der Waals surface area contributed by atoms with Gasteiger partial charge in [0.1, 0.15) is 17.1 Å². The molecule has 11 nitrogen and oxygen atoms in total. The molecule has 1 aliphatic carbocycles. The van der Waals surface area contributed by atoms with E-state index < -0.39 is 41.4 Å². The summed E-state index contributed by atoms with van der Waals surface area (Å²) in [6.45, 7) is 0. The van der Waals surface area contributed by atoms with Crippen LogP contribution in [-0.2, 0) is 20.2 Å². The van der Waals surface area contributed by atoms with Crippen LogP contribution >= 0.6 is 0 Å². The van der Waals surface area contributed by atoms with Crippen LogP contribution in [0.15, 0.2) is 165 Å². The smallest absolute Gasteiger partial charge is 0.336 e. The molecule has 0 unspecified atom stereocenters. The number of carbonyl (C=O) groups is 1. The van der Waals surface area contributed by atoms with E-state index in [2.05, 4.69) is 0 Å². The minimum atomic E-state index is -4.75. The first kappa shape index (κ1) is 37.0. The van der Waals surface area contributed by atoms with Gasteiger partial charge in [-0.2, -0.15) is 16.8 Å². The maximum atomic E-state index is 14.0. The molecule has 13 heteroatoms. The minimum absolute atomic E-state index is 0.0234. The molecule has 0 amide bonds. The summed E-state index contributed by atoms with van der Waals surface area (Å²) in [5.41, 5.74) is 3.79. The molecule has 0 saturated heterocycles. The number of hydrogen-bond acceptors (Lipinski definition) is 8. The summed E-state index contributed by atoms with van der Waals surface area (Å²) < 4.78 is 73.8. The van der Waals surface area contributed by atoms with Crippen molar-refractivity contribution in [2.45, 2.75) is 9.79 Å². The Morgan fingerprint density at radius 3 is 1.75 bits per heavy atom. The van der Waals surface area contributed by atoms with E-state index in [9.17, 15) is 45.7 Å². The number of carboxylic acids is 1. The van der Waals surface area contributed by atoms with E-state index in [1.165, 1.54) is 42.5 Å². The molecular weight excluding hydrogens is 769 g/mol. The number of phenolic OH excluding ortho intramolecular Hbond substituents is 1. The number of carboxylic acid groups (broad SMARTS) is 1. The highest BCUT2D eigenvalue weighted by Crippen LogP contribution is 2.47. The fraction of sp³-hybridized carbons (Fsp3) is 0. The fourth-order valence-corrected chi connectivity index (χ4v) is 8.10. The Balaban J connectivity index is 1.46. The zero-order valence-electron chi connectivity index (χ0n) is 29.3. The molecule has 0 bridgehead atoms. The van der Waals surface area contributed by atoms with Crippen molar-refractivity contribution >= 4 is 37.2 Å². The summed E-state index contributed by atoms with van der Waals surface area (Å²) in [5, 5.41) is 22.3. The van der Waals surface area contributed by atoms with Crippen molar-refractivity contribution < 1.29 is 45.4 Å². The molecular formula is C44H28O11S2. The molecule has 0 aromatic heterocycles. The summed E-state index contributed by atoms with van der Waals surface area (Å²) in [6, 6.07) is 37.5. The van der Waals surface area contributed by atoms with Crippen LogP contribution in [0.2, 0.25) is 0 Å². The predicted octanol–water partition coefficient (Wildman–Crippen LogP) is 9.13. The number of phenols is 1. The van der Waals surface area contributed by atoms with E-state index >= 15 is 0 Å². The van der Waals surface area contributed by atoms with Crippen molar-refractivity contribution in [1.82, 2.24) is 0 Å². The van der Waals surface area contributed by atoms with E-state index in [0.29, 0.717) is 27.6 Å². The zero-order valence-corrected chi connectivity index (χ0v) is 31.0. The van der Waals surface area contributed by atoms with E-state index in [4.69, 9.17) is 4.42 Å². The molecule has 4 N–H and O–H groups in total. The molecule has 6 aromatic carbocycles. The quantitative estimate of drug-likeness (QED) is 0.0845. The second-order valence-electron chi connectivity index (χ2n) is 13.1. The van der Waals surface area contributed by atoms with Crippen molar-refractivity contribution in [2.75, 3.05) is 0 Å². The van der Waals surface area contributed by atoms with Crippen molar-refractivity contribution in [3.8, 4) is 72.7 Å². The Morgan fingerprint density at radius 1 is 0.509 bits per heavy atom. The minimum Gasteiger partial charge on any atom is -0.507 e. The predicted molar refractivity (Wildman–Crippen MR) is 215 cm³/mol. The largest absolute Gasteiger partial charge is 0.507 e. The molecule has 8 rings (SSSR count). The van der Waals surface area contributed by atoms with Gasteiger partial charge in [0, 0.05) is 39.8 Å². The Labute approximate surface area is 325 Å². The van der Waals surface area contributed by atoms with Gasteiger partial charge in [0.05, 0.1) is 15.4 Å². The average Bonchev–Trinajstić information content (AvgIpc) is 3.19. The highest BCUT2D eigenvalue weighted by Gasteiger charge is 2.26. The van der Waals surface area contributed by atoms with Crippen LogP contribution in [0.25, 0.3) is 77.9 Å². The molecule has 1 aliphatic heterocycles. The summed E-state index contributed by atoms with van der Waals surface area (Å²) in [4.78, 5) is 25.8. The van der Waals surface area contributed by atoms with Crippen molar-refractivity contribution in [3.05, 3.63) is 161 Å². The Morgan fingerprint density at radius 2 is 1.09 bits per heavy atom. The molecule has 57 heavy (non-hydrogen) atoms. The van der Waals surface area contributed by atoms with Crippen LogP contribution in [0.5, 0.6) is 5.75 Å². The van der Waals surface area contributed by atoms with Gasteiger partial charge in [0.25, 0.3) is 20.2 Å². The Kier molecular flexibility index (Phi) is 9.09. The normalized spacial score (nSPS) is 11.9. The number of rotatable bonds is 8. The van der Waals surface area contributed by atoms with E-state index in [1.54, 1.807) is 24.3 Å². The number of benzene rings is 7. The van der Waals surface area contributed by atoms with Gasteiger partial charge >= 0.3 is 5.97 Å². The maximum Gasteiger partial charge on any atom is 0.336 e. The number of aromatic carboxylic acids is 1. The summed E-state index contributed by atoms with van der Waals surface area (Å²) >= 11 is 0. The highest BCUT2D eigenvalue weighted by molar-refractivity contribution is 7.86. The maximum absolute atomic E-state index is 14.0. The van der Waals surface area contributed by atoms with Gasteiger partial charge < -0.3 is 14.6 Å². The van der Waals surface area contributed by atoms with E-state index in [0.717, 1.165) is 35.4 Å². The number of hydrogen-bond donors (Lipinski definition) is 4. The van der Waals surface area contributed by atoms with Gasteiger partial charge in [-0.15, -0.1) is 0 Å². The molecule has 0 atom stereocenters. The lowest BCUT2D eigenvalue weighted by Crippen LogP contribution is -2.08. The van der Waals surface area contributed by atoms with E-state index in [-0.39, 0.29) is 50.5 Å². The van der Waals surface area contributed by atoms with Crippen LogP contribution in [-0.4, -0.2) is 42.1 Å². The van der Waals surface area contributed by atoms with Crippen LogP contribution in [0.4, 0.5) is 0 Å². The third-order valence-corrected chi connectivity index (χ3v) is 11.4. The number of fused-ring (bicyclic) bond motifs is 2. The topological polar surface area (TPSA) is 196 Å². The third-order valence-electron chi connectivity index (χ3n) is 9.71. The van der Waals surface area contributed by atoms with Gasteiger partial charge in [-0.3, -0.25) is 13.9 Å². The van der Waals surface area contributed by atoms with Crippen LogP contribution in [0.3, 0.4) is 0 Å². The van der Waals surface area contributed by atoms with Crippen molar-refractivity contribution in [3.63, 3.8) is 0 Å². The third kappa shape index (κ3) is 6.85. The molecule has 0 spiro atoms. The van der Waals surface area contributed by atoms with Crippen LogP contribution in [0.1, 0.15) is 10.4 Å². The van der Waals surface area contributed by atoms with Gasteiger partial charge in [0.2, 0.25) is 0 Å². The molecule has 2 aliphatic rings. The van der Waals surface area contributed by atoms with Crippen LogP contribution < -0.4 is 5.43 Å². The lowest BCUT2D eigenvalue weighted by atomic mass is 9.86. The number of aromatic hydroxyl groups is 1. The summed E-state index contributed by atoms with van der Waals surface area (Å²) in [5.74, 6) is -1.30. The molecule has 6 aromatic rings. The summed E-state index contributed by atoms with van der Waals surface area (Å²) in [7, 11) is -9.32. The fourth-order valence-electron chi connectivity index (χ4n) is 7.11. The second-order valence-corrected chi connectivity index (χ2v) is 16.0. The first-order valence-electron chi connectivity index (χ1n) is 17.1. The monoisotopic (exact) mass is 796 g/mol. The lowest BCUT2D eigenvalue weighted by molar-refractivity contribution is 0.0697. The van der Waals surface area contributed by atoms with Crippen molar-refractivity contribution in [1.29, 1.82) is 0 Å². The SMILES string of the molecule is O=C(O)c1ccccc1-c1c2cc(-c3ccc(S(=O)(=O)O)cc3-c3ccc(S(=O)(=O)O)cc3)c(=O)cc-2oc2cc(O)c(-c3ccccc3-c3ccccc3)cc12. The van der Waals surface area contributed by atoms with Gasteiger partial charge in [-0.1, -0.05) is 91.0 Å². The van der Waals surface area contributed by atoms with E-state index in [1.807, 2.05) is 54.6 Å². The Bertz CT molecular complexity index is 3170. The van der Waals surface area contributed by atoms with Gasteiger partial charge in [-0.25, -0.2) is 4.79 Å². The molecule has 0 fully saturated rings. The Hall–Kier alpha value is -6.90. The zero-order chi connectivity index (χ0) is 40.2. The average molecular weight is 797 g/mol. The lowest BCUT2D eigenvalue weighted by Gasteiger charge is -2.20. The molecule has 282 valence electrons. The standard InChI is InChI=1S/C44H28O11S2/c45-39-23-41-37(21-35(39)30-11-5-4-10-29(30)25-8-2-1-3-9-25)43(32-12-6-7-13-33(32)44(47)48)38-22-36(40(46)24-42(38)55-41)31-19-18-28(57(52,53)54)20-34(31)26-14-16-27(17-15-26)56(49,50)51/h1-24,45H,(H,47,48)(H,49,50,51)(H,52,53,54). The molecule has 0 saturated carbocycles. The van der Waals surface area contributed by atoms with Crippen molar-refractivity contribution in [2.24, 2.45) is 0 Å². The van der Waals surface area contributed by atoms with Gasteiger partial charge in [0.15, 0.2) is 5.43 Å².